The van der Waals surface area contributed by atoms with E-state index in [-0.39, 0.29) is 11.8 Å². The summed E-state index contributed by atoms with van der Waals surface area (Å²) in [5.74, 6) is 0.258. The molecule has 0 unspecified atom stereocenters. The highest BCUT2D eigenvalue weighted by molar-refractivity contribution is 8.00. The van der Waals surface area contributed by atoms with E-state index in [1.165, 1.54) is 0 Å². The third kappa shape index (κ3) is 5.51. The van der Waals surface area contributed by atoms with Crippen LogP contribution in [-0.2, 0) is 10.5 Å². The summed E-state index contributed by atoms with van der Waals surface area (Å²) in [5, 5.41) is 3.69. The van der Waals surface area contributed by atoms with Gasteiger partial charge in [-0.1, -0.05) is 53.7 Å². The van der Waals surface area contributed by atoms with Crippen LogP contribution in [-0.4, -0.2) is 48.0 Å². The Morgan fingerprint density at radius 3 is 2.57 bits per heavy atom. The van der Waals surface area contributed by atoms with Crippen molar-refractivity contribution in [1.82, 2.24) is 9.88 Å². The number of benzene rings is 3. The molecule has 2 heterocycles. The molecular weight excluding hydrogens is 502 g/mol. The third-order valence-corrected chi connectivity index (χ3v) is 8.21. The van der Waals surface area contributed by atoms with Crippen LogP contribution in [0.4, 0.5) is 5.69 Å². The number of fused-ring (bicyclic) bond motifs is 1. The molecule has 5 rings (SSSR count). The smallest absolute Gasteiger partial charge is 0.256 e. The molecule has 1 saturated heterocycles. The predicted molar refractivity (Wildman–Crippen MR) is 142 cm³/mol. The maximum absolute atomic E-state index is 13.1. The van der Waals surface area contributed by atoms with Gasteiger partial charge in [-0.2, -0.15) is 0 Å². The monoisotopic (exact) mass is 523 g/mol. The summed E-state index contributed by atoms with van der Waals surface area (Å²) in [6.07, 6.45) is 0. The van der Waals surface area contributed by atoms with Gasteiger partial charge in [-0.05, 0) is 42.0 Å². The molecule has 1 aromatic heterocycles. The molecule has 1 N–H and O–H groups in total. The topological polar surface area (TPSA) is 71.5 Å². The molecule has 3 aromatic carbocycles. The van der Waals surface area contributed by atoms with Crippen LogP contribution in [0.3, 0.4) is 0 Å². The Balaban J connectivity index is 1.30. The minimum absolute atomic E-state index is 0.155. The van der Waals surface area contributed by atoms with Crippen molar-refractivity contribution in [3.63, 3.8) is 0 Å². The number of ether oxygens (including phenoxy) is 1. The summed E-state index contributed by atoms with van der Waals surface area (Å²) in [6.45, 7) is 2.06. The van der Waals surface area contributed by atoms with Gasteiger partial charge < -0.3 is 15.0 Å². The number of rotatable bonds is 6. The number of hydrogen-bond donors (Lipinski definition) is 1. The summed E-state index contributed by atoms with van der Waals surface area (Å²) in [6, 6.07) is 20.3. The second kappa shape index (κ2) is 10.8. The lowest BCUT2D eigenvalue weighted by atomic mass is 10.0. The van der Waals surface area contributed by atoms with E-state index in [1.54, 1.807) is 52.3 Å². The van der Waals surface area contributed by atoms with Crippen molar-refractivity contribution >= 4 is 62.4 Å². The molecule has 9 heteroatoms. The summed E-state index contributed by atoms with van der Waals surface area (Å²) >= 11 is 9.47. The number of nitrogens with one attached hydrogen (secondary N) is 1. The Hall–Kier alpha value is -2.91. The van der Waals surface area contributed by atoms with E-state index >= 15 is 0 Å². The first-order valence-electron chi connectivity index (χ1n) is 11.1. The number of morpholine rings is 1. The predicted octanol–water partition coefficient (Wildman–Crippen LogP) is 5.97. The summed E-state index contributed by atoms with van der Waals surface area (Å²) in [5.41, 5.74) is 3.34. The zero-order valence-corrected chi connectivity index (χ0v) is 21.1. The van der Waals surface area contributed by atoms with Gasteiger partial charge in [-0.25, -0.2) is 4.98 Å². The maximum Gasteiger partial charge on any atom is 0.256 e. The molecule has 178 valence electrons. The van der Waals surface area contributed by atoms with Gasteiger partial charge in [0.2, 0.25) is 0 Å². The lowest BCUT2D eigenvalue weighted by Crippen LogP contribution is -2.41. The summed E-state index contributed by atoms with van der Waals surface area (Å²) in [7, 11) is 0. The number of hydrogen-bond acceptors (Lipinski definition) is 6. The Labute approximate surface area is 216 Å². The van der Waals surface area contributed by atoms with Crippen LogP contribution in [0.5, 0.6) is 0 Å². The Morgan fingerprint density at radius 1 is 1.03 bits per heavy atom. The first-order chi connectivity index (χ1) is 17.1. The van der Waals surface area contributed by atoms with Crippen molar-refractivity contribution in [3.8, 4) is 0 Å². The van der Waals surface area contributed by atoms with Gasteiger partial charge in [0.05, 0.1) is 34.6 Å². The van der Waals surface area contributed by atoms with Crippen LogP contribution in [0.2, 0.25) is 5.02 Å². The average molecular weight is 524 g/mol. The van der Waals surface area contributed by atoms with Gasteiger partial charge in [0.25, 0.3) is 11.8 Å². The second-order valence-corrected chi connectivity index (χ2v) is 10.6. The highest BCUT2D eigenvalue weighted by Gasteiger charge is 2.23. The molecule has 1 aliphatic heterocycles. The minimum atomic E-state index is -0.320. The number of aromatic nitrogens is 1. The molecule has 0 saturated carbocycles. The molecule has 0 atom stereocenters. The number of thioether (sulfide) groups is 1. The average Bonchev–Trinajstić information content (AvgIpc) is 3.30. The molecule has 2 amide bonds. The Bertz CT molecular complexity index is 1390. The normalized spacial score (nSPS) is 13.7. The Kier molecular flexibility index (Phi) is 7.34. The molecule has 1 fully saturated rings. The summed E-state index contributed by atoms with van der Waals surface area (Å²) in [4.78, 5) is 32.5. The highest BCUT2D eigenvalue weighted by Crippen LogP contribution is 2.34. The van der Waals surface area contributed by atoms with Crippen molar-refractivity contribution in [2.75, 3.05) is 31.6 Å². The fraction of sp³-hybridized carbons (Fsp3) is 0.192. The Morgan fingerprint density at radius 2 is 1.77 bits per heavy atom. The number of halogens is 1. The largest absolute Gasteiger partial charge is 0.378 e. The van der Waals surface area contributed by atoms with Crippen LogP contribution < -0.4 is 5.32 Å². The van der Waals surface area contributed by atoms with Crippen LogP contribution in [0.25, 0.3) is 10.2 Å². The second-order valence-electron chi connectivity index (χ2n) is 7.95. The molecule has 0 radical (unpaired) electrons. The van der Waals surface area contributed by atoms with Crippen molar-refractivity contribution in [1.29, 1.82) is 0 Å². The molecule has 0 spiro atoms. The van der Waals surface area contributed by atoms with Crippen LogP contribution >= 0.6 is 34.7 Å². The SMILES string of the molecule is O=C(Nc1ccc2nc(SCc3ccccc3Cl)sc2c1)c1ccccc1C(=O)N1CCOCC1. The first kappa shape index (κ1) is 23.8. The van der Waals surface area contributed by atoms with Gasteiger partial charge in [0.15, 0.2) is 4.34 Å². The van der Waals surface area contributed by atoms with E-state index in [0.717, 1.165) is 30.9 Å². The minimum Gasteiger partial charge on any atom is -0.378 e. The van der Waals surface area contributed by atoms with E-state index < -0.39 is 0 Å². The van der Waals surface area contributed by atoms with Crippen molar-refractivity contribution in [2.24, 2.45) is 0 Å². The number of amides is 2. The zero-order chi connectivity index (χ0) is 24.2. The molecule has 35 heavy (non-hydrogen) atoms. The third-order valence-electron chi connectivity index (χ3n) is 5.64. The number of nitrogens with zero attached hydrogens (tertiary/aromatic N) is 2. The molecule has 0 aliphatic carbocycles. The zero-order valence-electron chi connectivity index (χ0n) is 18.7. The first-order valence-corrected chi connectivity index (χ1v) is 13.3. The molecule has 4 aromatic rings. The van der Waals surface area contributed by atoms with Gasteiger partial charge in [0, 0.05) is 29.6 Å². The quantitative estimate of drug-likeness (QED) is 0.315. The van der Waals surface area contributed by atoms with E-state index in [9.17, 15) is 9.59 Å². The van der Waals surface area contributed by atoms with Gasteiger partial charge >= 0.3 is 0 Å². The highest BCUT2D eigenvalue weighted by atomic mass is 35.5. The number of carbonyl (C=O) groups excluding carboxylic acids is 2. The van der Waals surface area contributed by atoms with E-state index in [1.807, 2.05) is 42.5 Å². The van der Waals surface area contributed by atoms with Crippen LogP contribution in [0.1, 0.15) is 26.3 Å². The number of thiazole rings is 1. The van der Waals surface area contributed by atoms with E-state index in [2.05, 4.69) is 5.32 Å². The number of carbonyl (C=O) groups is 2. The lowest BCUT2D eigenvalue weighted by molar-refractivity contribution is 0.0302. The maximum atomic E-state index is 13.1. The van der Waals surface area contributed by atoms with Crippen molar-refractivity contribution in [3.05, 3.63) is 88.4 Å². The fourth-order valence-corrected chi connectivity index (χ4v) is 6.19. The van der Waals surface area contributed by atoms with Crippen molar-refractivity contribution in [2.45, 2.75) is 10.1 Å². The molecule has 6 nitrogen and oxygen atoms in total. The molecular formula is C26H22ClN3O3S2. The van der Waals surface area contributed by atoms with Crippen LogP contribution in [0.15, 0.2) is 71.1 Å². The van der Waals surface area contributed by atoms with Gasteiger partial charge in [-0.3, -0.25) is 9.59 Å². The summed E-state index contributed by atoms with van der Waals surface area (Å²) < 4.78 is 7.25. The van der Waals surface area contributed by atoms with Crippen molar-refractivity contribution < 1.29 is 14.3 Å². The van der Waals surface area contributed by atoms with Crippen LogP contribution in [0, 0.1) is 0 Å². The fourth-order valence-electron chi connectivity index (χ4n) is 3.80. The molecule has 0 bridgehead atoms. The molecule has 1 aliphatic rings. The standard InChI is InChI=1S/C26H22ClN3O3S2/c27-21-8-4-1-5-17(21)16-34-26-29-22-10-9-18(15-23(22)35-26)28-24(31)19-6-2-3-7-20(19)25(32)30-11-13-33-14-12-30/h1-10,15H,11-14,16H2,(H,28,31). The van der Waals surface area contributed by atoms with Gasteiger partial charge in [0.1, 0.15) is 0 Å². The van der Waals surface area contributed by atoms with E-state index in [0.29, 0.717) is 43.1 Å². The van der Waals surface area contributed by atoms with E-state index in [4.69, 9.17) is 21.3 Å². The lowest BCUT2D eigenvalue weighted by Gasteiger charge is -2.27. The van der Waals surface area contributed by atoms with Gasteiger partial charge in [-0.15, -0.1) is 11.3 Å². The number of anilines is 1.